The Kier molecular flexibility index (Phi) is 3.54. The highest BCUT2D eigenvalue weighted by atomic mass is 32.1. The largest absolute Gasteiger partial charge is 0.391 e. The first-order valence-corrected chi connectivity index (χ1v) is 6.90. The lowest BCUT2D eigenvalue weighted by Crippen LogP contribution is -2.48. The Morgan fingerprint density at radius 3 is 2.94 bits per heavy atom. The Morgan fingerprint density at radius 2 is 2.41 bits per heavy atom. The highest BCUT2D eigenvalue weighted by Gasteiger charge is 2.42. The molecule has 1 atom stereocenters. The van der Waals surface area contributed by atoms with Crippen molar-refractivity contribution in [2.24, 2.45) is 0 Å². The minimum Gasteiger partial charge on any atom is -0.391 e. The van der Waals surface area contributed by atoms with Crippen molar-refractivity contribution in [3.63, 3.8) is 0 Å². The molecule has 1 amide bonds. The number of amides is 1. The molecule has 3 nitrogen and oxygen atoms in total. The molecule has 0 aromatic carbocycles. The van der Waals surface area contributed by atoms with Crippen LogP contribution in [0, 0.1) is 0 Å². The molecule has 1 N–H and O–H groups in total. The number of aliphatic hydroxyl groups excluding tert-OH is 1. The Balaban J connectivity index is 1.92. The average Bonchev–Trinajstić information content (AvgIpc) is 2.86. The molecule has 0 saturated carbocycles. The monoisotopic (exact) mass is 253 g/mol. The Morgan fingerprint density at radius 1 is 1.65 bits per heavy atom. The maximum atomic E-state index is 12.1. The summed E-state index contributed by atoms with van der Waals surface area (Å²) in [6.07, 6.45) is 1.64. The maximum absolute atomic E-state index is 12.1. The van der Waals surface area contributed by atoms with Crippen molar-refractivity contribution in [2.75, 3.05) is 6.54 Å². The third-order valence-electron chi connectivity index (χ3n) is 3.60. The third kappa shape index (κ3) is 2.53. The van der Waals surface area contributed by atoms with Crippen LogP contribution in [0.4, 0.5) is 0 Å². The van der Waals surface area contributed by atoms with Gasteiger partial charge in [-0.3, -0.25) is 4.79 Å². The third-order valence-corrected chi connectivity index (χ3v) is 4.54. The van der Waals surface area contributed by atoms with Crippen molar-refractivity contribution in [3.05, 3.63) is 22.4 Å². The SMILES string of the molecule is CC1(C)C(O)CCN1C(=O)CCc1cccs1. The molecule has 1 fully saturated rings. The summed E-state index contributed by atoms with van der Waals surface area (Å²) in [5.74, 6) is 0.153. The van der Waals surface area contributed by atoms with Crippen molar-refractivity contribution in [2.45, 2.75) is 44.8 Å². The van der Waals surface area contributed by atoms with Gasteiger partial charge in [0.2, 0.25) is 5.91 Å². The molecule has 0 radical (unpaired) electrons. The van der Waals surface area contributed by atoms with E-state index in [4.69, 9.17) is 0 Å². The molecule has 2 rings (SSSR count). The standard InChI is InChI=1S/C13H19NO2S/c1-13(2)11(15)7-8-14(13)12(16)6-5-10-4-3-9-17-10/h3-4,9,11,15H,5-8H2,1-2H3. The summed E-state index contributed by atoms with van der Waals surface area (Å²) in [7, 11) is 0. The van der Waals surface area contributed by atoms with Crippen LogP contribution in [-0.4, -0.2) is 34.1 Å². The Labute approximate surface area is 106 Å². The summed E-state index contributed by atoms with van der Waals surface area (Å²) in [6.45, 7) is 4.55. The van der Waals surface area contributed by atoms with Gasteiger partial charge in [0.25, 0.3) is 0 Å². The molecule has 4 heteroatoms. The van der Waals surface area contributed by atoms with Crippen LogP contribution in [0.5, 0.6) is 0 Å². The van der Waals surface area contributed by atoms with E-state index in [0.29, 0.717) is 19.4 Å². The van der Waals surface area contributed by atoms with Gasteiger partial charge in [-0.25, -0.2) is 0 Å². The van der Waals surface area contributed by atoms with Crippen LogP contribution in [0.1, 0.15) is 31.6 Å². The van der Waals surface area contributed by atoms with E-state index in [9.17, 15) is 9.90 Å². The molecular weight excluding hydrogens is 234 g/mol. The quantitative estimate of drug-likeness (QED) is 0.895. The minimum absolute atomic E-state index is 0.153. The predicted octanol–water partition coefficient (Wildman–Crippen LogP) is 2.05. The van der Waals surface area contributed by atoms with Crippen LogP contribution >= 0.6 is 11.3 Å². The summed E-state index contributed by atoms with van der Waals surface area (Å²) in [5, 5.41) is 11.9. The van der Waals surface area contributed by atoms with Crippen LogP contribution < -0.4 is 0 Å². The number of nitrogens with zero attached hydrogens (tertiary/aromatic N) is 1. The van der Waals surface area contributed by atoms with Crippen LogP contribution in [-0.2, 0) is 11.2 Å². The molecule has 0 bridgehead atoms. The van der Waals surface area contributed by atoms with Crippen molar-refractivity contribution >= 4 is 17.2 Å². The molecular formula is C13H19NO2S. The average molecular weight is 253 g/mol. The van der Waals surface area contributed by atoms with Gasteiger partial charge in [-0.1, -0.05) is 6.07 Å². The van der Waals surface area contributed by atoms with Gasteiger partial charge in [-0.2, -0.15) is 0 Å². The number of likely N-dealkylation sites (tertiary alicyclic amines) is 1. The number of carbonyl (C=O) groups is 1. The molecule has 0 spiro atoms. The van der Waals surface area contributed by atoms with Crippen LogP contribution in [0.3, 0.4) is 0 Å². The number of thiophene rings is 1. The van der Waals surface area contributed by atoms with Gasteiger partial charge >= 0.3 is 0 Å². The molecule has 17 heavy (non-hydrogen) atoms. The molecule has 1 aromatic rings. The van der Waals surface area contributed by atoms with Gasteiger partial charge in [0, 0.05) is 17.8 Å². The zero-order chi connectivity index (χ0) is 12.5. The second-order valence-electron chi connectivity index (χ2n) is 5.08. The second kappa shape index (κ2) is 4.78. The summed E-state index contributed by atoms with van der Waals surface area (Å²) in [5.41, 5.74) is -0.410. The zero-order valence-corrected chi connectivity index (χ0v) is 11.2. The smallest absolute Gasteiger partial charge is 0.223 e. The lowest BCUT2D eigenvalue weighted by Gasteiger charge is -2.33. The maximum Gasteiger partial charge on any atom is 0.223 e. The number of hydrogen-bond donors (Lipinski definition) is 1. The van der Waals surface area contributed by atoms with Crippen LogP contribution in [0.25, 0.3) is 0 Å². The first kappa shape index (κ1) is 12.6. The van der Waals surface area contributed by atoms with Gasteiger partial charge in [0.05, 0.1) is 11.6 Å². The van der Waals surface area contributed by atoms with E-state index in [-0.39, 0.29) is 5.91 Å². The van der Waals surface area contributed by atoms with Gasteiger partial charge in [-0.05, 0) is 38.1 Å². The van der Waals surface area contributed by atoms with E-state index in [1.807, 2.05) is 30.2 Å². The number of aryl methyl sites for hydroxylation is 1. The van der Waals surface area contributed by atoms with E-state index in [1.165, 1.54) is 4.88 Å². The van der Waals surface area contributed by atoms with Crippen molar-refractivity contribution in [3.8, 4) is 0 Å². The molecule has 1 aliphatic rings. The van der Waals surface area contributed by atoms with E-state index in [2.05, 4.69) is 6.07 Å². The first-order valence-electron chi connectivity index (χ1n) is 6.02. The second-order valence-corrected chi connectivity index (χ2v) is 6.12. The normalized spacial score (nSPS) is 23.0. The topological polar surface area (TPSA) is 40.5 Å². The summed E-state index contributed by atoms with van der Waals surface area (Å²) >= 11 is 1.69. The molecule has 1 unspecified atom stereocenters. The summed E-state index contributed by atoms with van der Waals surface area (Å²) in [6, 6.07) is 4.07. The fourth-order valence-electron chi connectivity index (χ4n) is 2.34. The van der Waals surface area contributed by atoms with Crippen LogP contribution in [0.2, 0.25) is 0 Å². The molecule has 0 aliphatic carbocycles. The zero-order valence-electron chi connectivity index (χ0n) is 10.3. The molecule has 94 valence electrons. The van der Waals surface area contributed by atoms with E-state index in [1.54, 1.807) is 11.3 Å². The number of hydrogen-bond acceptors (Lipinski definition) is 3. The highest BCUT2D eigenvalue weighted by molar-refractivity contribution is 7.09. The van der Waals surface area contributed by atoms with Crippen molar-refractivity contribution in [1.82, 2.24) is 4.90 Å². The Hall–Kier alpha value is -0.870. The first-order chi connectivity index (χ1) is 8.01. The lowest BCUT2D eigenvalue weighted by atomic mass is 9.98. The highest BCUT2D eigenvalue weighted by Crippen LogP contribution is 2.29. The number of aliphatic hydroxyl groups is 1. The van der Waals surface area contributed by atoms with E-state index < -0.39 is 11.6 Å². The predicted molar refractivity (Wildman–Crippen MR) is 69.1 cm³/mol. The van der Waals surface area contributed by atoms with Gasteiger partial charge < -0.3 is 10.0 Å². The summed E-state index contributed by atoms with van der Waals surface area (Å²) < 4.78 is 0. The fraction of sp³-hybridized carbons (Fsp3) is 0.615. The molecule has 1 aromatic heterocycles. The van der Waals surface area contributed by atoms with Gasteiger partial charge in [0.15, 0.2) is 0 Å². The van der Waals surface area contributed by atoms with E-state index >= 15 is 0 Å². The van der Waals surface area contributed by atoms with Gasteiger partial charge in [0.1, 0.15) is 0 Å². The number of rotatable bonds is 3. The van der Waals surface area contributed by atoms with Crippen molar-refractivity contribution < 1.29 is 9.90 Å². The molecule has 1 saturated heterocycles. The summed E-state index contributed by atoms with van der Waals surface area (Å²) in [4.78, 5) is 15.2. The van der Waals surface area contributed by atoms with Crippen LogP contribution in [0.15, 0.2) is 17.5 Å². The lowest BCUT2D eigenvalue weighted by molar-refractivity contribution is -0.136. The molecule has 2 heterocycles. The Bertz CT molecular complexity index is 386. The molecule has 1 aliphatic heterocycles. The van der Waals surface area contributed by atoms with Gasteiger partial charge in [-0.15, -0.1) is 11.3 Å². The van der Waals surface area contributed by atoms with Crippen molar-refractivity contribution in [1.29, 1.82) is 0 Å². The fourth-order valence-corrected chi connectivity index (χ4v) is 3.05. The number of carbonyl (C=O) groups excluding carboxylic acids is 1. The minimum atomic E-state index is -0.410. The van der Waals surface area contributed by atoms with E-state index in [0.717, 1.165) is 6.42 Å².